The summed E-state index contributed by atoms with van der Waals surface area (Å²) in [4.78, 5) is 26.9. The lowest BCUT2D eigenvalue weighted by molar-refractivity contribution is 0.0579. The molecular weight excluding hydrogens is 464 g/mol. The van der Waals surface area contributed by atoms with Crippen LogP contribution in [0.15, 0.2) is 90.4 Å². The number of hydrogen-bond donors (Lipinski definition) is 0. The van der Waals surface area contributed by atoms with Gasteiger partial charge in [0, 0.05) is 30.2 Å². The van der Waals surface area contributed by atoms with Crippen molar-refractivity contribution in [2.75, 3.05) is 20.1 Å². The largest absolute Gasteiger partial charge is 0.337 e. The Hall–Kier alpha value is -3.35. The van der Waals surface area contributed by atoms with Crippen LogP contribution in [-0.4, -0.2) is 51.9 Å². The van der Waals surface area contributed by atoms with Gasteiger partial charge in [0.25, 0.3) is 5.91 Å². The normalized spacial score (nSPS) is 15.5. The molecule has 1 atom stereocenters. The lowest BCUT2D eigenvalue weighted by Gasteiger charge is -2.40. The average Bonchev–Trinajstić information content (AvgIpc) is 3.41. The van der Waals surface area contributed by atoms with Crippen LogP contribution >= 0.6 is 11.3 Å². The molecule has 184 valence electrons. The number of piperidine rings is 1. The second-order valence-corrected chi connectivity index (χ2v) is 10.4. The number of thiazole rings is 1. The highest BCUT2D eigenvalue weighted by molar-refractivity contribution is 7.09. The zero-order valence-electron chi connectivity index (χ0n) is 20.7. The number of benzene rings is 2. The standard InChI is InChI=1S/C30H32N4OS/c1-33(30(35)26-14-8-9-17-31-26)28(20-23-10-4-2-5-11-23)25-15-18-34(19-16-25)21-29-32-27(22-36-29)24-12-6-3-7-13-24/h2-14,17,22,25,28H,15-16,18-21H2,1H3/t28-/m1/s1. The fourth-order valence-corrected chi connectivity index (χ4v) is 5.95. The third-order valence-corrected chi connectivity index (χ3v) is 7.98. The van der Waals surface area contributed by atoms with Gasteiger partial charge in [0.2, 0.25) is 0 Å². The number of rotatable bonds is 8. The number of amides is 1. The molecule has 5 rings (SSSR count). The van der Waals surface area contributed by atoms with E-state index in [1.807, 2.05) is 36.2 Å². The van der Waals surface area contributed by atoms with Crippen LogP contribution in [0.5, 0.6) is 0 Å². The third kappa shape index (κ3) is 5.89. The molecule has 1 aliphatic heterocycles. The Morgan fingerprint density at radius 2 is 1.69 bits per heavy atom. The molecule has 0 saturated carbocycles. The van der Waals surface area contributed by atoms with E-state index in [0.717, 1.165) is 49.6 Å². The predicted molar refractivity (Wildman–Crippen MR) is 146 cm³/mol. The minimum atomic E-state index is -0.00446. The minimum Gasteiger partial charge on any atom is -0.337 e. The van der Waals surface area contributed by atoms with Crippen molar-refractivity contribution in [2.24, 2.45) is 5.92 Å². The molecule has 3 heterocycles. The van der Waals surface area contributed by atoms with Crippen LogP contribution in [0.1, 0.15) is 33.9 Å². The van der Waals surface area contributed by atoms with Crippen LogP contribution in [0.25, 0.3) is 11.3 Å². The van der Waals surface area contributed by atoms with Gasteiger partial charge in [-0.15, -0.1) is 11.3 Å². The Morgan fingerprint density at radius 1 is 1.00 bits per heavy atom. The molecule has 1 saturated heterocycles. The summed E-state index contributed by atoms with van der Waals surface area (Å²) in [7, 11) is 1.94. The first-order valence-corrected chi connectivity index (χ1v) is 13.5. The van der Waals surface area contributed by atoms with Gasteiger partial charge in [-0.05, 0) is 56.0 Å². The number of pyridine rings is 1. The van der Waals surface area contributed by atoms with Crippen LogP contribution in [0, 0.1) is 5.92 Å². The Kier molecular flexibility index (Phi) is 7.84. The first-order valence-electron chi connectivity index (χ1n) is 12.6. The Labute approximate surface area is 217 Å². The smallest absolute Gasteiger partial charge is 0.272 e. The molecule has 0 radical (unpaired) electrons. The van der Waals surface area contributed by atoms with E-state index in [0.29, 0.717) is 11.6 Å². The Balaban J connectivity index is 1.25. The highest BCUT2D eigenvalue weighted by Crippen LogP contribution is 2.29. The number of likely N-dealkylation sites (tertiary alicyclic amines) is 1. The van der Waals surface area contributed by atoms with Gasteiger partial charge in [0.05, 0.1) is 12.2 Å². The van der Waals surface area contributed by atoms with Gasteiger partial charge in [-0.1, -0.05) is 66.7 Å². The number of carbonyl (C=O) groups is 1. The molecule has 0 aliphatic carbocycles. The summed E-state index contributed by atoms with van der Waals surface area (Å²) in [5, 5.41) is 3.32. The van der Waals surface area contributed by atoms with Crippen LogP contribution < -0.4 is 0 Å². The highest BCUT2D eigenvalue weighted by atomic mass is 32.1. The van der Waals surface area contributed by atoms with Crippen molar-refractivity contribution in [3.05, 3.63) is 107 Å². The number of likely N-dealkylation sites (N-methyl/N-ethyl adjacent to an activating group) is 1. The van der Waals surface area contributed by atoms with Gasteiger partial charge in [-0.25, -0.2) is 4.98 Å². The number of carbonyl (C=O) groups excluding carboxylic acids is 1. The monoisotopic (exact) mass is 496 g/mol. The summed E-state index contributed by atoms with van der Waals surface area (Å²) in [5.41, 5.74) is 4.00. The maximum atomic E-state index is 13.3. The zero-order valence-corrected chi connectivity index (χ0v) is 21.5. The van der Waals surface area contributed by atoms with Gasteiger partial charge >= 0.3 is 0 Å². The minimum absolute atomic E-state index is 0.00446. The summed E-state index contributed by atoms with van der Waals surface area (Å²) in [6, 6.07) is 26.5. The molecule has 36 heavy (non-hydrogen) atoms. The first kappa shape index (κ1) is 24.3. The van der Waals surface area contributed by atoms with Crippen molar-refractivity contribution >= 4 is 17.2 Å². The first-order chi connectivity index (χ1) is 17.7. The lowest BCUT2D eigenvalue weighted by atomic mass is 9.85. The summed E-state index contributed by atoms with van der Waals surface area (Å²) in [6.45, 7) is 2.92. The molecule has 6 heteroatoms. The van der Waals surface area contributed by atoms with Gasteiger partial charge in [-0.3, -0.25) is 14.7 Å². The van der Waals surface area contributed by atoms with Crippen molar-refractivity contribution in [3.8, 4) is 11.3 Å². The third-order valence-electron chi connectivity index (χ3n) is 7.15. The van der Waals surface area contributed by atoms with E-state index in [1.54, 1.807) is 23.6 Å². The zero-order chi connectivity index (χ0) is 24.7. The van der Waals surface area contributed by atoms with Gasteiger partial charge in [-0.2, -0.15) is 0 Å². The van der Waals surface area contributed by atoms with E-state index < -0.39 is 0 Å². The van der Waals surface area contributed by atoms with E-state index in [2.05, 4.69) is 63.8 Å². The van der Waals surface area contributed by atoms with E-state index in [9.17, 15) is 4.79 Å². The van der Waals surface area contributed by atoms with Crippen LogP contribution in [-0.2, 0) is 13.0 Å². The van der Waals surface area contributed by atoms with Crippen molar-refractivity contribution < 1.29 is 4.79 Å². The maximum absolute atomic E-state index is 13.3. The Morgan fingerprint density at radius 3 is 2.39 bits per heavy atom. The molecule has 0 spiro atoms. The van der Waals surface area contributed by atoms with Crippen LogP contribution in [0.3, 0.4) is 0 Å². The fourth-order valence-electron chi connectivity index (χ4n) is 5.11. The molecule has 2 aromatic heterocycles. The molecule has 1 aliphatic rings. The van der Waals surface area contributed by atoms with E-state index in [-0.39, 0.29) is 11.9 Å². The van der Waals surface area contributed by atoms with Crippen molar-refractivity contribution in [2.45, 2.75) is 31.8 Å². The molecule has 2 aromatic carbocycles. The highest BCUT2D eigenvalue weighted by Gasteiger charge is 2.32. The summed E-state index contributed by atoms with van der Waals surface area (Å²) >= 11 is 1.74. The molecule has 0 N–H and O–H groups in total. The molecule has 0 bridgehead atoms. The molecule has 0 unspecified atom stereocenters. The predicted octanol–water partition coefficient (Wildman–Crippen LogP) is 5.80. The average molecular weight is 497 g/mol. The lowest BCUT2D eigenvalue weighted by Crippen LogP contribution is -2.47. The topological polar surface area (TPSA) is 49.3 Å². The van der Waals surface area contributed by atoms with Crippen molar-refractivity contribution in [1.82, 2.24) is 19.8 Å². The van der Waals surface area contributed by atoms with Crippen molar-refractivity contribution in [1.29, 1.82) is 0 Å². The second-order valence-electron chi connectivity index (χ2n) is 9.49. The summed E-state index contributed by atoms with van der Waals surface area (Å²) in [6.07, 6.45) is 4.67. The van der Waals surface area contributed by atoms with E-state index >= 15 is 0 Å². The van der Waals surface area contributed by atoms with Gasteiger partial charge < -0.3 is 4.90 Å². The molecule has 1 fully saturated rings. The van der Waals surface area contributed by atoms with Gasteiger partial charge in [0.1, 0.15) is 10.7 Å². The quantitative estimate of drug-likeness (QED) is 0.309. The number of nitrogens with zero attached hydrogens (tertiary/aromatic N) is 4. The summed E-state index contributed by atoms with van der Waals surface area (Å²) < 4.78 is 0. The molecular formula is C30H32N4OS. The number of hydrogen-bond acceptors (Lipinski definition) is 5. The molecule has 1 amide bonds. The maximum Gasteiger partial charge on any atom is 0.272 e. The number of aromatic nitrogens is 2. The van der Waals surface area contributed by atoms with Crippen molar-refractivity contribution in [3.63, 3.8) is 0 Å². The SMILES string of the molecule is CN(C(=O)c1ccccn1)[C@H](Cc1ccccc1)C1CCN(Cc2nc(-c3ccccc3)cs2)CC1. The fraction of sp³-hybridized carbons (Fsp3) is 0.300. The summed E-state index contributed by atoms with van der Waals surface area (Å²) in [5.74, 6) is 0.436. The van der Waals surface area contributed by atoms with Gasteiger partial charge in [0.15, 0.2) is 0 Å². The molecule has 4 aromatic rings. The van der Waals surface area contributed by atoms with Crippen LogP contribution in [0.4, 0.5) is 0 Å². The molecule has 5 nitrogen and oxygen atoms in total. The second kappa shape index (κ2) is 11.6. The van der Waals surface area contributed by atoms with E-state index in [4.69, 9.17) is 4.98 Å². The van der Waals surface area contributed by atoms with Crippen LogP contribution in [0.2, 0.25) is 0 Å². The van der Waals surface area contributed by atoms with E-state index in [1.165, 1.54) is 11.1 Å². The Bertz CT molecular complexity index is 1240.